The Labute approximate surface area is 97.3 Å². The molecular weight excluding hydrogens is 222 g/mol. The molecule has 0 atom stereocenters. The summed E-state index contributed by atoms with van der Waals surface area (Å²) < 4.78 is 4.78. The quantitative estimate of drug-likeness (QED) is 0.823. The van der Waals surface area contributed by atoms with E-state index in [-0.39, 0.29) is 17.7 Å². The molecule has 0 saturated carbocycles. The maximum atomic E-state index is 11.8. The van der Waals surface area contributed by atoms with Crippen LogP contribution >= 0.6 is 0 Å². The molecule has 88 valence electrons. The molecule has 2 aromatic rings. The molecule has 0 bridgehead atoms. The van der Waals surface area contributed by atoms with Crippen molar-refractivity contribution >= 4 is 11.9 Å². The van der Waals surface area contributed by atoms with E-state index in [9.17, 15) is 9.90 Å². The van der Waals surface area contributed by atoms with E-state index in [1.165, 1.54) is 18.2 Å². The van der Waals surface area contributed by atoms with Gasteiger partial charge in [0.2, 0.25) is 0 Å². The van der Waals surface area contributed by atoms with Gasteiger partial charge in [0.25, 0.3) is 5.91 Å². The Hall–Kier alpha value is -2.37. The number of rotatable bonds is 2. The van der Waals surface area contributed by atoms with Gasteiger partial charge >= 0.3 is 6.01 Å². The lowest BCUT2D eigenvalue weighted by Crippen LogP contribution is -2.13. The van der Waals surface area contributed by atoms with E-state index < -0.39 is 0 Å². The first-order valence-corrected chi connectivity index (χ1v) is 4.97. The van der Waals surface area contributed by atoms with Gasteiger partial charge in [-0.25, -0.2) is 0 Å². The standard InChI is InChI=1S/C11H11N3O3/c1-6-5-8(15)3-4-9(6)10(16)13-11-12-7(2)14-17-11/h3-5,15H,1-2H3,(H,12,13,14,16). The lowest BCUT2D eigenvalue weighted by molar-refractivity contribution is 0.102. The molecule has 1 aromatic heterocycles. The van der Waals surface area contributed by atoms with Gasteiger partial charge in [-0.2, -0.15) is 4.98 Å². The summed E-state index contributed by atoms with van der Waals surface area (Å²) in [5.74, 6) is 0.210. The van der Waals surface area contributed by atoms with E-state index in [1.807, 2.05) is 0 Å². The molecule has 0 aliphatic rings. The first kappa shape index (κ1) is 11.1. The van der Waals surface area contributed by atoms with Crippen LogP contribution in [0.1, 0.15) is 21.7 Å². The van der Waals surface area contributed by atoms with Crippen LogP contribution in [0.4, 0.5) is 6.01 Å². The molecule has 1 aromatic carbocycles. The van der Waals surface area contributed by atoms with Crippen LogP contribution in [0.5, 0.6) is 5.75 Å². The average Bonchev–Trinajstić information content (AvgIpc) is 2.63. The molecule has 0 saturated heterocycles. The van der Waals surface area contributed by atoms with Crippen molar-refractivity contribution in [3.63, 3.8) is 0 Å². The van der Waals surface area contributed by atoms with Crippen molar-refractivity contribution in [2.75, 3.05) is 5.32 Å². The van der Waals surface area contributed by atoms with Crippen molar-refractivity contribution in [3.8, 4) is 5.75 Å². The SMILES string of the molecule is Cc1noc(NC(=O)c2ccc(O)cc2C)n1. The molecule has 0 unspecified atom stereocenters. The zero-order valence-corrected chi connectivity index (χ0v) is 9.39. The van der Waals surface area contributed by atoms with E-state index in [0.29, 0.717) is 17.0 Å². The van der Waals surface area contributed by atoms with Crippen molar-refractivity contribution in [3.05, 3.63) is 35.2 Å². The summed E-state index contributed by atoms with van der Waals surface area (Å²) in [5, 5.41) is 15.3. The third kappa shape index (κ3) is 2.41. The molecule has 0 aliphatic carbocycles. The number of aromatic nitrogens is 2. The highest BCUT2D eigenvalue weighted by molar-refractivity contribution is 6.04. The Morgan fingerprint density at radius 2 is 2.18 bits per heavy atom. The summed E-state index contributed by atoms with van der Waals surface area (Å²) in [5.41, 5.74) is 1.11. The van der Waals surface area contributed by atoms with Gasteiger partial charge in [0.05, 0.1) is 0 Å². The number of aryl methyl sites for hydroxylation is 2. The van der Waals surface area contributed by atoms with Crippen molar-refractivity contribution < 1.29 is 14.4 Å². The lowest BCUT2D eigenvalue weighted by atomic mass is 10.1. The van der Waals surface area contributed by atoms with Crippen molar-refractivity contribution in [1.29, 1.82) is 0 Å². The smallest absolute Gasteiger partial charge is 0.328 e. The van der Waals surface area contributed by atoms with Crippen LogP contribution in [0, 0.1) is 13.8 Å². The summed E-state index contributed by atoms with van der Waals surface area (Å²) in [6.45, 7) is 3.39. The van der Waals surface area contributed by atoms with Crippen LogP contribution in [0.25, 0.3) is 0 Å². The molecule has 0 aliphatic heterocycles. The number of hydrogen-bond acceptors (Lipinski definition) is 5. The highest BCUT2D eigenvalue weighted by atomic mass is 16.5. The number of carbonyl (C=O) groups is 1. The fourth-order valence-corrected chi connectivity index (χ4v) is 1.41. The molecule has 1 heterocycles. The van der Waals surface area contributed by atoms with Crippen LogP contribution in [0.15, 0.2) is 22.7 Å². The van der Waals surface area contributed by atoms with Gasteiger partial charge in [-0.3, -0.25) is 10.1 Å². The number of aromatic hydroxyl groups is 1. The van der Waals surface area contributed by atoms with Gasteiger partial charge in [0, 0.05) is 5.56 Å². The summed E-state index contributed by atoms with van der Waals surface area (Å²) in [4.78, 5) is 15.7. The fraction of sp³-hybridized carbons (Fsp3) is 0.182. The molecule has 2 rings (SSSR count). The number of carbonyl (C=O) groups excluding carboxylic acids is 1. The Morgan fingerprint density at radius 3 is 2.76 bits per heavy atom. The van der Waals surface area contributed by atoms with Gasteiger partial charge in [0.15, 0.2) is 5.82 Å². The second kappa shape index (κ2) is 4.25. The zero-order valence-electron chi connectivity index (χ0n) is 9.39. The normalized spacial score (nSPS) is 10.2. The number of amides is 1. The average molecular weight is 233 g/mol. The van der Waals surface area contributed by atoms with E-state index in [4.69, 9.17) is 4.52 Å². The summed E-state index contributed by atoms with van der Waals surface area (Å²) in [7, 11) is 0. The fourth-order valence-electron chi connectivity index (χ4n) is 1.41. The van der Waals surface area contributed by atoms with Crippen LogP contribution in [0.2, 0.25) is 0 Å². The highest BCUT2D eigenvalue weighted by Gasteiger charge is 2.12. The van der Waals surface area contributed by atoms with Crippen LogP contribution < -0.4 is 5.32 Å². The van der Waals surface area contributed by atoms with Crippen molar-refractivity contribution in [1.82, 2.24) is 10.1 Å². The molecule has 0 spiro atoms. The molecule has 6 heteroatoms. The minimum Gasteiger partial charge on any atom is -0.508 e. The minimum absolute atomic E-state index is 0.0555. The summed E-state index contributed by atoms with van der Waals surface area (Å²) >= 11 is 0. The number of nitrogens with zero attached hydrogens (tertiary/aromatic N) is 2. The molecule has 6 nitrogen and oxygen atoms in total. The van der Waals surface area contributed by atoms with Crippen molar-refractivity contribution in [2.45, 2.75) is 13.8 Å². The van der Waals surface area contributed by atoms with Gasteiger partial charge < -0.3 is 9.63 Å². The number of nitrogens with one attached hydrogen (secondary N) is 1. The van der Waals surface area contributed by atoms with E-state index >= 15 is 0 Å². The number of benzene rings is 1. The maximum Gasteiger partial charge on any atom is 0.328 e. The van der Waals surface area contributed by atoms with Gasteiger partial charge in [-0.15, -0.1) is 0 Å². The van der Waals surface area contributed by atoms with E-state index in [0.717, 1.165) is 0 Å². The van der Waals surface area contributed by atoms with Crippen LogP contribution in [-0.4, -0.2) is 21.2 Å². The number of phenols is 1. The summed E-state index contributed by atoms with van der Waals surface area (Å²) in [6, 6.07) is 4.54. The molecule has 2 N–H and O–H groups in total. The predicted octanol–water partition coefficient (Wildman–Crippen LogP) is 1.64. The number of phenolic OH excluding ortho intramolecular Hbond substituents is 1. The van der Waals surface area contributed by atoms with Crippen molar-refractivity contribution in [2.24, 2.45) is 0 Å². The zero-order chi connectivity index (χ0) is 12.4. The predicted molar refractivity (Wildman–Crippen MR) is 59.8 cm³/mol. The molecule has 17 heavy (non-hydrogen) atoms. The minimum atomic E-state index is -0.355. The van der Waals surface area contributed by atoms with E-state index in [1.54, 1.807) is 13.8 Å². The largest absolute Gasteiger partial charge is 0.508 e. The van der Waals surface area contributed by atoms with Gasteiger partial charge in [-0.05, 0) is 37.6 Å². The third-order valence-corrected chi connectivity index (χ3v) is 2.20. The molecule has 1 amide bonds. The third-order valence-electron chi connectivity index (χ3n) is 2.20. The monoisotopic (exact) mass is 233 g/mol. The first-order chi connectivity index (χ1) is 8.06. The second-order valence-electron chi connectivity index (χ2n) is 3.60. The molecule has 0 radical (unpaired) electrons. The Morgan fingerprint density at radius 1 is 1.41 bits per heavy atom. The number of hydrogen-bond donors (Lipinski definition) is 2. The second-order valence-corrected chi connectivity index (χ2v) is 3.60. The molecule has 0 fully saturated rings. The lowest BCUT2D eigenvalue weighted by Gasteiger charge is -2.04. The summed E-state index contributed by atoms with van der Waals surface area (Å²) in [6.07, 6.45) is 0. The first-order valence-electron chi connectivity index (χ1n) is 4.97. The van der Waals surface area contributed by atoms with Gasteiger partial charge in [-0.1, -0.05) is 5.16 Å². The Balaban J connectivity index is 2.20. The van der Waals surface area contributed by atoms with Crippen LogP contribution in [-0.2, 0) is 0 Å². The topological polar surface area (TPSA) is 88.2 Å². The van der Waals surface area contributed by atoms with E-state index in [2.05, 4.69) is 15.5 Å². The highest BCUT2D eigenvalue weighted by Crippen LogP contribution is 2.16. The van der Waals surface area contributed by atoms with Crippen LogP contribution in [0.3, 0.4) is 0 Å². The van der Waals surface area contributed by atoms with Gasteiger partial charge in [0.1, 0.15) is 5.75 Å². The Kier molecular flexibility index (Phi) is 2.78. The molecular formula is C11H11N3O3. The number of anilines is 1. The maximum absolute atomic E-state index is 11.8. The Bertz CT molecular complexity index is 563.